The molecule has 1 aromatic heterocycles. The molecule has 0 bridgehead atoms. The van der Waals surface area contributed by atoms with Crippen LogP contribution in [-0.2, 0) is 30.4 Å². The Labute approximate surface area is 183 Å². The number of amides is 3. The van der Waals surface area contributed by atoms with Crippen molar-refractivity contribution < 1.29 is 28.4 Å². The number of imide groups is 1. The van der Waals surface area contributed by atoms with Gasteiger partial charge in [-0.25, -0.2) is 9.59 Å². The highest BCUT2D eigenvalue weighted by molar-refractivity contribution is 6.01. The largest absolute Gasteiger partial charge is 0.423 e. The first-order chi connectivity index (χ1) is 15.1. The van der Waals surface area contributed by atoms with Crippen LogP contribution < -0.4 is 16.7 Å². The van der Waals surface area contributed by atoms with Gasteiger partial charge in [-0.2, -0.15) is 0 Å². The van der Waals surface area contributed by atoms with Crippen LogP contribution in [0.2, 0.25) is 0 Å². The van der Waals surface area contributed by atoms with E-state index in [1.54, 1.807) is 6.07 Å². The van der Waals surface area contributed by atoms with Gasteiger partial charge in [0.1, 0.15) is 5.58 Å². The van der Waals surface area contributed by atoms with Crippen molar-refractivity contribution in [1.82, 2.24) is 10.4 Å². The molecule has 3 amide bonds. The molecule has 3 N–H and O–H groups in total. The summed E-state index contributed by atoms with van der Waals surface area (Å²) >= 11 is 0. The van der Waals surface area contributed by atoms with Gasteiger partial charge in [-0.3, -0.25) is 14.4 Å². The number of nitrogens with two attached hydrogens (primary N) is 1. The molecule has 1 aromatic carbocycles. The molecule has 2 heterocycles. The summed E-state index contributed by atoms with van der Waals surface area (Å²) in [5, 5.41) is 3.97. The number of fused-ring (bicyclic) bond motifs is 1. The number of hydroxylamine groups is 2. The van der Waals surface area contributed by atoms with Crippen molar-refractivity contribution in [3.05, 3.63) is 39.7 Å². The quantitative estimate of drug-likeness (QED) is 0.354. The van der Waals surface area contributed by atoms with Gasteiger partial charge in [0, 0.05) is 49.0 Å². The topological polar surface area (TPSA) is 149 Å². The number of rotatable bonds is 8. The Hall–Kier alpha value is -3.69. The second-order valence-corrected chi connectivity index (χ2v) is 7.83. The van der Waals surface area contributed by atoms with Crippen molar-refractivity contribution in [3.8, 4) is 0 Å². The summed E-state index contributed by atoms with van der Waals surface area (Å²) < 4.78 is 5.19. The molecule has 1 saturated heterocycles. The van der Waals surface area contributed by atoms with Gasteiger partial charge in [-0.15, -0.1) is 5.06 Å². The van der Waals surface area contributed by atoms with Crippen molar-refractivity contribution >= 4 is 40.3 Å². The molecule has 0 spiro atoms. The van der Waals surface area contributed by atoms with Crippen LogP contribution in [-0.4, -0.2) is 34.8 Å². The maximum absolute atomic E-state index is 12.2. The van der Waals surface area contributed by atoms with Gasteiger partial charge in [0.05, 0.1) is 6.42 Å². The number of carbonyl (C=O) groups excluding carboxylic acids is 4. The summed E-state index contributed by atoms with van der Waals surface area (Å²) in [7, 11) is 0. The molecule has 170 valence electrons. The SMILES string of the molecule is CC(=O)NC(CCCc1cc2c(C)cc(=O)oc2cc1N)CC(=O)ON1C(=O)CCC1=O. The van der Waals surface area contributed by atoms with E-state index in [1.807, 2.05) is 13.0 Å². The Morgan fingerprint density at radius 2 is 1.88 bits per heavy atom. The molecule has 10 heteroatoms. The summed E-state index contributed by atoms with van der Waals surface area (Å²) in [6.45, 7) is 3.15. The van der Waals surface area contributed by atoms with E-state index in [-0.39, 0.29) is 25.2 Å². The van der Waals surface area contributed by atoms with Crippen LogP contribution in [0.1, 0.15) is 50.2 Å². The van der Waals surface area contributed by atoms with E-state index >= 15 is 0 Å². The average molecular weight is 443 g/mol. The highest BCUT2D eigenvalue weighted by Crippen LogP contribution is 2.25. The number of anilines is 1. The average Bonchev–Trinajstić information content (AvgIpc) is 3.00. The lowest BCUT2D eigenvalue weighted by molar-refractivity contribution is -0.197. The normalized spacial score (nSPS) is 14.6. The molecule has 3 rings (SSSR count). The minimum Gasteiger partial charge on any atom is -0.423 e. The molecule has 1 fully saturated rings. The molecular formula is C22H25N3O7. The molecule has 2 aromatic rings. The molecule has 10 nitrogen and oxygen atoms in total. The Kier molecular flexibility index (Phi) is 6.92. The zero-order valence-corrected chi connectivity index (χ0v) is 17.9. The van der Waals surface area contributed by atoms with Gasteiger partial charge in [-0.05, 0) is 43.4 Å². The van der Waals surface area contributed by atoms with E-state index in [2.05, 4.69) is 5.32 Å². The molecule has 1 atom stereocenters. The Morgan fingerprint density at radius 1 is 1.19 bits per heavy atom. The van der Waals surface area contributed by atoms with E-state index in [9.17, 15) is 24.0 Å². The number of nitrogens with one attached hydrogen (secondary N) is 1. The fraction of sp³-hybridized carbons (Fsp3) is 0.409. The number of benzene rings is 1. The van der Waals surface area contributed by atoms with Gasteiger partial charge in [0.15, 0.2) is 0 Å². The summed E-state index contributed by atoms with van der Waals surface area (Å²) in [5.41, 5.74) is 8.20. The van der Waals surface area contributed by atoms with E-state index in [0.29, 0.717) is 35.6 Å². The Bertz CT molecular complexity index is 1120. The number of nitrogen functional groups attached to an aromatic ring is 1. The number of carbonyl (C=O) groups is 4. The maximum Gasteiger partial charge on any atom is 0.336 e. The van der Waals surface area contributed by atoms with Crippen LogP contribution in [0.15, 0.2) is 27.4 Å². The predicted octanol–water partition coefficient (Wildman–Crippen LogP) is 1.51. The van der Waals surface area contributed by atoms with E-state index < -0.39 is 29.5 Å². The van der Waals surface area contributed by atoms with Crippen LogP contribution in [0.5, 0.6) is 0 Å². The summed E-state index contributed by atoms with van der Waals surface area (Å²) in [4.78, 5) is 63.4. The first kappa shape index (κ1) is 23.0. The van der Waals surface area contributed by atoms with Crippen LogP contribution in [0, 0.1) is 6.92 Å². The lowest BCUT2D eigenvalue weighted by atomic mass is 9.99. The van der Waals surface area contributed by atoms with Gasteiger partial charge >= 0.3 is 11.6 Å². The van der Waals surface area contributed by atoms with Crippen LogP contribution in [0.3, 0.4) is 0 Å². The van der Waals surface area contributed by atoms with E-state index in [4.69, 9.17) is 15.0 Å². The smallest absolute Gasteiger partial charge is 0.336 e. The fourth-order valence-corrected chi connectivity index (χ4v) is 3.69. The second-order valence-electron chi connectivity index (χ2n) is 7.83. The van der Waals surface area contributed by atoms with Crippen LogP contribution in [0.4, 0.5) is 5.69 Å². The number of hydrogen-bond donors (Lipinski definition) is 2. The minimum atomic E-state index is -0.775. The van der Waals surface area contributed by atoms with E-state index in [0.717, 1.165) is 16.5 Å². The molecular weight excluding hydrogens is 418 g/mol. The van der Waals surface area contributed by atoms with Crippen molar-refractivity contribution in [2.75, 3.05) is 5.73 Å². The third-order valence-electron chi connectivity index (χ3n) is 5.23. The van der Waals surface area contributed by atoms with Crippen molar-refractivity contribution in [1.29, 1.82) is 0 Å². The van der Waals surface area contributed by atoms with Crippen molar-refractivity contribution in [2.45, 2.75) is 58.4 Å². The van der Waals surface area contributed by atoms with Gasteiger partial charge < -0.3 is 20.3 Å². The number of aryl methyl sites for hydroxylation is 2. The molecule has 1 aliphatic heterocycles. The lowest BCUT2D eigenvalue weighted by Gasteiger charge is -2.19. The van der Waals surface area contributed by atoms with Crippen LogP contribution in [0.25, 0.3) is 11.0 Å². The highest BCUT2D eigenvalue weighted by Gasteiger charge is 2.33. The molecule has 1 aliphatic rings. The number of nitrogens with zero attached hydrogens (tertiary/aromatic N) is 1. The molecule has 0 saturated carbocycles. The molecule has 1 unspecified atom stereocenters. The van der Waals surface area contributed by atoms with E-state index in [1.165, 1.54) is 13.0 Å². The summed E-state index contributed by atoms with van der Waals surface area (Å²) in [6.07, 6.45) is 1.43. The monoisotopic (exact) mass is 443 g/mol. The van der Waals surface area contributed by atoms with Crippen molar-refractivity contribution in [3.63, 3.8) is 0 Å². The first-order valence-electron chi connectivity index (χ1n) is 10.3. The Morgan fingerprint density at radius 3 is 2.53 bits per heavy atom. The van der Waals surface area contributed by atoms with Crippen LogP contribution >= 0.6 is 0 Å². The molecule has 0 radical (unpaired) electrons. The first-order valence-corrected chi connectivity index (χ1v) is 10.3. The third-order valence-corrected chi connectivity index (χ3v) is 5.23. The molecule has 32 heavy (non-hydrogen) atoms. The highest BCUT2D eigenvalue weighted by atomic mass is 16.7. The second kappa shape index (κ2) is 9.63. The minimum absolute atomic E-state index is 0.0112. The number of hydrogen-bond acceptors (Lipinski definition) is 8. The van der Waals surface area contributed by atoms with Crippen molar-refractivity contribution in [2.24, 2.45) is 0 Å². The standard InChI is InChI=1S/C22H25N3O7/c1-12-8-21(29)31-18-11-17(23)14(9-16(12)18)4-3-5-15(24-13(2)26)10-22(30)32-25-19(27)6-7-20(25)28/h8-9,11,15H,3-7,10,23H2,1-2H3,(H,24,26). The summed E-state index contributed by atoms with van der Waals surface area (Å²) in [5.74, 6) is -2.20. The lowest BCUT2D eigenvalue weighted by Crippen LogP contribution is -2.38. The Balaban J connectivity index is 1.63. The van der Waals surface area contributed by atoms with Gasteiger partial charge in [0.2, 0.25) is 5.91 Å². The third kappa shape index (κ3) is 5.51. The molecule has 0 aliphatic carbocycles. The maximum atomic E-state index is 12.2. The summed E-state index contributed by atoms with van der Waals surface area (Å²) in [6, 6.07) is 4.37. The zero-order chi connectivity index (χ0) is 23.4. The zero-order valence-electron chi connectivity index (χ0n) is 17.9. The fourth-order valence-electron chi connectivity index (χ4n) is 3.69. The van der Waals surface area contributed by atoms with Gasteiger partial charge in [-0.1, -0.05) is 0 Å². The van der Waals surface area contributed by atoms with Gasteiger partial charge in [0.25, 0.3) is 11.8 Å². The predicted molar refractivity (Wildman–Crippen MR) is 114 cm³/mol.